The highest BCUT2D eigenvalue weighted by atomic mass is 32.2. The monoisotopic (exact) mass is 496 g/mol. The Bertz CT molecular complexity index is 1390. The Balaban J connectivity index is 1.50. The molecule has 2 aliphatic rings. The predicted octanol–water partition coefficient (Wildman–Crippen LogP) is 2.88. The molecule has 3 aromatic rings. The van der Waals surface area contributed by atoms with E-state index >= 15 is 0 Å². The summed E-state index contributed by atoms with van der Waals surface area (Å²) in [5.74, 6) is 1.48. The first-order valence-electron chi connectivity index (χ1n) is 10.4. The minimum absolute atomic E-state index is 0.196. The number of hydrogen-bond donors (Lipinski definition) is 1. The number of thiocarbonyl (C=S) groups is 1. The van der Waals surface area contributed by atoms with E-state index in [9.17, 15) is 9.59 Å². The van der Waals surface area contributed by atoms with Crippen LogP contribution in [0.5, 0.6) is 11.5 Å². The van der Waals surface area contributed by atoms with Crippen LogP contribution in [0, 0.1) is 0 Å². The second-order valence-electron chi connectivity index (χ2n) is 7.48. The fourth-order valence-corrected chi connectivity index (χ4v) is 4.90. The van der Waals surface area contributed by atoms with Crippen LogP contribution in [0.1, 0.15) is 11.1 Å². The first-order valence-corrected chi connectivity index (χ1v) is 11.7. The fraction of sp³-hybridized carbons (Fsp3) is 0.217. The zero-order valence-electron chi connectivity index (χ0n) is 18.1. The van der Waals surface area contributed by atoms with Crippen molar-refractivity contribution in [3.05, 3.63) is 69.0 Å². The normalized spacial score (nSPS) is 16.1. The molecule has 2 aromatic heterocycles. The molecule has 1 amide bonds. The average molecular weight is 497 g/mol. The molecule has 174 valence electrons. The molecule has 9 nitrogen and oxygen atoms in total. The molecule has 34 heavy (non-hydrogen) atoms. The Morgan fingerprint density at radius 3 is 2.94 bits per heavy atom. The minimum atomic E-state index is -0.291. The summed E-state index contributed by atoms with van der Waals surface area (Å²) in [6.07, 6.45) is 3.20. The van der Waals surface area contributed by atoms with Gasteiger partial charge in [-0.05, 0) is 35.9 Å². The van der Waals surface area contributed by atoms with Crippen molar-refractivity contribution in [1.29, 1.82) is 0 Å². The minimum Gasteiger partial charge on any atom is -0.454 e. The maximum absolute atomic E-state index is 13.4. The molecule has 0 saturated carbocycles. The summed E-state index contributed by atoms with van der Waals surface area (Å²) in [6, 6.07) is 10.9. The van der Waals surface area contributed by atoms with Gasteiger partial charge in [-0.2, -0.15) is 0 Å². The van der Waals surface area contributed by atoms with E-state index in [-0.39, 0.29) is 23.8 Å². The Morgan fingerprint density at radius 2 is 2.09 bits per heavy atom. The molecular formula is C23H20N4O5S2. The lowest BCUT2D eigenvalue weighted by molar-refractivity contribution is -0.122. The van der Waals surface area contributed by atoms with E-state index in [1.54, 1.807) is 31.5 Å². The lowest BCUT2D eigenvalue weighted by Gasteiger charge is -2.13. The second-order valence-corrected chi connectivity index (χ2v) is 9.15. The Kier molecular flexibility index (Phi) is 6.22. The van der Waals surface area contributed by atoms with Gasteiger partial charge in [-0.3, -0.25) is 18.9 Å². The van der Waals surface area contributed by atoms with Gasteiger partial charge in [0.1, 0.15) is 15.8 Å². The number of methoxy groups -OCH3 is 1. The molecule has 11 heteroatoms. The lowest BCUT2D eigenvalue weighted by Crippen LogP contribution is -2.31. The molecular weight excluding hydrogens is 476 g/mol. The van der Waals surface area contributed by atoms with Crippen molar-refractivity contribution in [2.45, 2.75) is 6.54 Å². The number of hydrogen-bond acceptors (Lipinski definition) is 9. The molecule has 0 radical (unpaired) electrons. The highest BCUT2D eigenvalue weighted by molar-refractivity contribution is 8.26. The fourth-order valence-electron chi connectivity index (χ4n) is 3.61. The number of thioether (sulfide) groups is 1. The van der Waals surface area contributed by atoms with E-state index < -0.39 is 0 Å². The van der Waals surface area contributed by atoms with Gasteiger partial charge < -0.3 is 19.5 Å². The van der Waals surface area contributed by atoms with Crippen molar-refractivity contribution < 1.29 is 19.0 Å². The summed E-state index contributed by atoms with van der Waals surface area (Å²) in [5.41, 5.74) is 1.40. The smallest absolute Gasteiger partial charge is 0.267 e. The van der Waals surface area contributed by atoms with Crippen LogP contribution in [-0.2, 0) is 16.1 Å². The molecule has 0 spiro atoms. The van der Waals surface area contributed by atoms with E-state index in [1.807, 2.05) is 24.3 Å². The van der Waals surface area contributed by atoms with E-state index in [1.165, 1.54) is 9.30 Å². The first-order chi connectivity index (χ1) is 16.5. The molecule has 1 N–H and O–H groups in total. The number of anilines is 1. The van der Waals surface area contributed by atoms with Gasteiger partial charge in [0.05, 0.1) is 23.6 Å². The Labute approximate surface area is 204 Å². The van der Waals surface area contributed by atoms with Crippen molar-refractivity contribution >= 4 is 51.7 Å². The van der Waals surface area contributed by atoms with Crippen LogP contribution < -0.4 is 20.3 Å². The van der Waals surface area contributed by atoms with Crippen LogP contribution in [-0.4, -0.2) is 51.6 Å². The highest BCUT2D eigenvalue weighted by Crippen LogP contribution is 2.34. The number of carbonyl (C=O) groups excluding carboxylic acids is 1. The Morgan fingerprint density at radius 1 is 1.24 bits per heavy atom. The van der Waals surface area contributed by atoms with Gasteiger partial charge in [-0.15, -0.1) is 0 Å². The predicted molar refractivity (Wildman–Crippen MR) is 133 cm³/mol. The van der Waals surface area contributed by atoms with Gasteiger partial charge in [0.15, 0.2) is 11.5 Å². The molecule has 5 rings (SSSR count). The van der Waals surface area contributed by atoms with E-state index in [0.717, 1.165) is 17.3 Å². The van der Waals surface area contributed by atoms with Crippen LogP contribution in [0.4, 0.5) is 5.82 Å². The van der Waals surface area contributed by atoms with Gasteiger partial charge >= 0.3 is 0 Å². The van der Waals surface area contributed by atoms with Gasteiger partial charge in [-0.25, -0.2) is 4.98 Å². The number of ether oxygens (including phenoxy) is 3. The highest BCUT2D eigenvalue weighted by Gasteiger charge is 2.32. The number of fused-ring (bicyclic) bond motifs is 2. The van der Waals surface area contributed by atoms with Crippen molar-refractivity contribution in [2.24, 2.45) is 0 Å². The number of nitrogens with zero attached hydrogens (tertiary/aromatic N) is 3. The average Bonchev–Trinajstić information content (AvgIpc) is 3.42. The molecule has 1 fully saturated rings. The number of carbonyl (C=O) groups is 1. The summed E-state index contributed by atoms with van der Waals surface area (Å²) in [6.45, 7) is 1.30. The number of nitrogens with one attached hydrogen (secondary N) is 1. The van der Waals surface area contributed by atoms with Crippen LogP contribution in [0.2, 0.25) is 0 Å². The third-order valence-corrected chi connectivity index (χ3v) is 6.71. The maximum Gasteiger partial charge on any atom is 0.267 e. The molecule has 1 saturated heterocycles. The molecule has 0 bridgehead atoms. The molecule has 0 unspecified atom stereocenters. The molecule has 0 aliphatic carbocycles. The maximum atomic E-state index is 13.4. The number of amides is 1. The number of aromatic nitrogens is 2. The first kappa shape index (κ1) is 22.4. The third kappa shape index (κ3) is 4.25. The summed E-state index contributed by atoms with van der Waals surface area (Å²) >= 11 is 6.51. The standard InChI is InChI=1S/C23H20N4O5S2/c1-30-9-8-27-22(29)18(34-23(27)33)11-15-20(25-19-4-2-3-7-26(19)21(15)28)24-12-14-5-6-16-17(10-14)32-13-31-16/h2-7,10-11,24H,8-9,12-13H2,1H3/b18-11+. The van der Waals surface area contributed by atoms with Gasteiger partial charge in [0.25, 0.3) is 11.5 Å². The second kappa shape index (κ2) is 9.45. The van der Waals surface area contributed by atoms with Crippen LogP contribution >= 0.6 is 24.0 Å². The lowest BCUT2D eigenvalue weighted by atomic mass is 10.2. The van der Waals surface area contributed by atoms with Crippen molar-refractivity contribution in [3.63, 3.8) is 0 Å². The summed E-state index contributed by atoms with van der Waals surface area (Å²) < 4.78 is 17.8. The Hall–Kier alpha value is -3.41. The molecule has 1 aromatic carbocycles. The summed E-state index contributed by atoms with van der Waals surface area (Å²) in [4.78, 5) is 32.8. The van der Waals surface area contributed by atoms with Crippen molar-refractivity contribution in [2.75, 3.05) is 32.4 Å². The summed E-state index contributed by atoms with van der Waals surface area (Å²) in [5, 5.41) is 3.25. The van der Waals surface area contributed by atoms with Gasteiger partial charge in [0.2, 0.25) is 6.79 Å². The number of pyridine rings is 1. The van der Waals surface area contributed by atoms with E-state index in [4.69, 9.17) is 26.4 Å². The topological polar surface area (TPSA) is 94.4 Å². The largest absolute Gasteiger partial charge is 0.454 e. The molecule has 2 aliphatic heterocycles. The number of benzene rings is 1. The van der Waals surface area contributed by atoms with Gasteiger partial charge in [0, 0.05) is 19.9 Å². The summed E-state index contributed by atoms with van der Waals surface area (Å²) in [7, 11) is 1.56. The van der Waals surface area contributed by atoms with Crippen LogP contribution in [0.25, 0.3) is 11.7 Å². The SMILES string of the molecule is COCCN1C(=O)/C(=C\c2c(NCc3ccc4c(c3)OCO4)nc3ccccn3c2=O)SC1=S. The van der Waals surface area contributed by atoms with Crippen molar-refractivity contribution in [3.8, 4) is 11.5 Å². The molecule has 0 atom stereocenters. The van der Waals surface area contributed by atoms with Crippen molar-refractivity contribution in [1.82, 2.24) is 14.3 Å². The van der Waals surface area contributed by atoms with Crippen LogP contribution in [0.15, 0.2) is 52.3 Å². The third-order valence-electron chi connectivity index (χ3n) is 5.33. The molecule has 4 heterocycles. The number of rotatable bonds is 7. The van der Waals surface area contributed by atoms with Crippen LogP contribution in [0.3, 0.4) is 0 Å². The van der Waals surface area contributed by atoms with E-state index in [0.29, 0.717) is 51.9 Å². The van der Waals surface area contributed by atoms with E-state index in [2.05, 4.69) is 10.3 Å². The quantitative estimate of drug-likeness (QED) is 0.391. The van der Waals surface area contributed by atoms with Gasteiger partial charge in [-0.1, -0.05) is 36.1 Å². The zero-order valence-corrected chi connectivity index (χ0v) is 19.8. The zero-order chi connectivity index (χ0) is 23.7.